The highest BCUT2D eigenvalue weighted by Gasteiger charge is 2.46. The van der Waals surface area contributed by atoms with Gasteiger partial charge in [-0.3, -0.25) is 0 Å². The number of rotatable bonds is 7. The average molecular weight is 459 g/mol. The van der Waals surface area contributed by atoms with Crippen molar-refractivity contribution in [3.05, 3.63) is 59.7 Å². The van der Waals surface area contributed by atoms with Gasteiger partial charge in [0.2, 0.25) is 8.41 Å². The fourth-order valence-electron chi connectivity index (χ4n) is 6.11. The van der Waals surface area contributed by atoms with Gasteiger partial charge in [-0.05, 0) is 71.1 Å². The van der Waals surface area contributed by atoms with Gasteiger partial charge in [0.25, 0.3) is 0 Å². The van der Waals surface area contributed by atoms with Crippen LogP contribution in [-0.2, 0) is 0 Å². The monoisotopic (exact) mass is 458 g/mol. The van der Waals surface area contributed by atoms with E-state index in [4.69, 9.17) is 0 Å². The van der Waals surface area contributed by atoms with E-state index in [1.54, 1.807) is 6.07 Å². The Bertz CT molecular complexity index is 863. The van der Waals surface area contributed by atoms with Crippen molar-refractivity contribution < 1.29 is 12.9 Å². The maximum atomic E-state index is 16.0. The number of benzene rings is 2. The summed E-state index contributed by atoms with van der Waals surface area (Å²) in [7, 11) is -2.63. The van der Waals surface area contributed by atoms with Crippen LogP contribution >= 0.6 is 0 Å². The van der Waals surface area contributed by atoms with Crippen LogP contribution in [0.3, 0.4) is 0 Å². The molecule has 1 saturated carbocycles. The molecule has 2 aromatic rings. The minimum atomic E-state index is -2.63. The molecule has 174 valence electrons. The van der Waals surface area contributed by atoms with Crippen LogP contribution in [0.4, 0.5) is 12.9 Å². The van der Waals surface area contributed by atoms with Crippen LogP contribution in [0.25, 0.3) is 11.1 Å². The summed E-state index contributed by atoms with van der Waals surface area (Å²) in [6.07, 6.45) is 12.0. The van der Waals surface area contributed by atoms with E-state index in [-0.39, 0.29) is 0 Å². The Morgan fingerprint density at radius 2 is 1.44 bits per heavy atom. The van der Waals surface area contributed by atoms with Crippen molar-refractivity contribution >= 4 is 8.41 Å². The highest BCUT2D eigenvalue weighted by Crippen LogP contribution is 2.50. The number of hydrogen-bond donors (Lipinski definition) is 0. The van der Waals surface area contributed by atoms with Crippen molar-refractivity contribution in [2.24, 2.45) is 5.92 Å². The molecule has 0 spiro atoms. The molecule has 4 heteroatoms. The molecule has 2 aromatic carbocycles. The van der Waals surface area contributed by atoms with E-state index in [2.05, 4.69) is 19.1 Å². The van der Waals surface area contributed by atoms with Crippen LogP contribution in [0.1, 0.15) is 82.6 Å². The van der Waals surface area contributed by atoms with Crippen molar-refractivity contribution in [3.63, 3.8) is 0 Å². The Balaban J connectivity index is 1.30. The van der Waals surface area contributed by atoms with Crippen LogP contribution in [0.15, 0.2) is 42.5 Å². The van der Waals surface area contributed by atoms with Crippen molar-refractivity contribution in [2.45, 2.75) is 94.7 Å². The Morgan fingerprint density at radius 3 is 2.06 bits per heavy atom. The number of halogens is 3. The summed E-state index contributed by atoms with van der Waals surface area (Å²) in [4.78, 5) is 0. The zero-order valence-electron chi connectivity index (χ0n) is 19.4. The first kappa shape index (κ1) is 23.6. The van der Waals surface area contributed by atoms with Gasteiger partial charge in [0.1, 0.15) is 0 Å². The second-order valence-electron chi connectivity index (χ2n) is 10.3. The van der Waals surface area contributed by atoms with Gasteiger partial charge in [0.15, 0.2) is 11.6 Å². The molecule has 1 aliphatic carbocycles. The molecule has 0 N–H and O–H groups in total. The molecule has 4 rings (SSSR count). The summed E-state index contributed by atoms with van der Waals surface area (Å²) in [6, 6.07) is 13.8. The van der Waals surface area contributed by atoms with Gasteiger partial charge in [-0.15, -0.1) is 0 Å². The molecule has 1 heterocycles. The molecular weight excluding hydrogens is 421 g/mol. The van der Waals surface area contributed by atoms with Gasteiger partial charge in [-0.1, -0.05) is 88.6 Å². The lowest BCUT2D eigenvalue weighted by Gasteiger charge is -2.40. The van der Waals surface area contributed by atoms with E-state index in [1.165, 1.54) is 56.2 Å². The molecule has 0 unspecified atom stereocenters. The molecule has 0 amide bonds. The van der Waals surface area contributed by atoms with Crippen molar-refractivity contribution in [2.75, 3.05) is 0 Å². The maximum Gasteiger partial charge on any atom is 0.250 e. The molecule has 0 nitrogen and oxygen atoms in total. The van der Waals surface area contributed by atoms with Crippen LogP contribution in [-0.4, -0.2) is 8.41 Å². The third-order valence-electron chi connectivity index (χ3n) is 8.25. The van der Waals surface area contributed by atoms with Gasteiger partial charge in [-0.2, -0.15) is 0 Å². The van der Waals surface area contributed by atoms with Gasteiger partial charge in [-0.25, -0.2) is 8.78 Å². The lowest BCUT2D eigenvalue weighted by atomic mass is 9.85. The molecular formula is C28H37F3Si. The fourth-order valence-corrected chi connectivity index (χ4v) is 10.2. The first-order valence-electron chi connectivity index (χ1n) is 12.7. The van der Waals surface area contributed by atoms with E-state index < -0.39 is 20.0 Å². The van der Waals surface area contributed by atoms with Crippen LogP contribution in [0, 0.1) is 17.6 Å². The second kappa shape index (κ2) is 10.6. The molecule has 2 aliphatic rings. The summed E-state index contributed by atoms with van der Waals surface area (Å²) in [5.74, 6) is -0.370. The standard InChI is InChI=1S/C28H37F3Si/c1-2-3-4-5-21-6-13-26(14-7-21)32(31)18-16-24(17-19-32)22-8-10-23(11-9-22)25-12-15-27(29)28(30)20-25/h8-12,15,20-21,24,26H,2-7,13-14,16-19H2,1H3. The number of unbranched alkanes of at least 4 members (excludes halogenated alkanes) is 2. The smallest absolute Gasteiger partial charge is 0.250 e. The molecule has 0 aromatic heterocycles. The molecule has 0 radical (unpaired) electrons. The van der Waals surface area contributed by atoms with Crippen LogP contribution in [0.2, 0.25) is 17.6 Å². The molecule has 32 heavy (non-hydrogen) atoms. The van der Waals surface area contributed by atoms with E-state index in [0.717, 1.165) is 49.3 Å². The first-order valence-corrected chi connectivity index (χ1v) is 15.1. The van der Waals surface area contributed by atoms with Crippen molar-refractivity contribution in [1.82, 2.24) is 0 Å². The SMILES string of the molecule is CCCCCC1CCC([Si]2(F)CCC(c3ccc(-c4ccc(F)c(F)c4)cc3)CC2)CC1. The fraction of sp³-hybridized carbons (Fsp3) is 0.571. The second-order valence-corrected chi connectivity index (χ2v) is 14.2. The molecule has 0 bridgehead atoms. The molecule has 1 aliphatic heterocycles. The Labute approximate surface area is 192 Å². The molecule has 1 saturated heterocycles. The summed E-state index contributed by atoms with van der Waals surface area (Å²) in [5, 5.41) is 0. The Morgan fingerprint density at radius 1 is 0.781 bits per heavy atom. The highest BCUT2D eigenvalue weighted by molar-refractivity contribution is 6.74. The minimum absolute atomic E-state index is 0.390. The Hall–Kier alpha value is -1.55. The van der Waals surface area contributed by atoms with Crippen molar-refractivity contribution in [1.29, 1.82) is 0 Å². The largest absolute Gasteiger partial charge is 0.314 e. The summed E-state index contributed by atoms with van der Waals surface area (Å²) < 4.78 is 42.8. The topological polar surface area (TPSA) is 0 Å². The maximum absolute atomic E-state index is 16.0. The van der Waals surface area contributed by atoms with Gasteiger partial charge < -0.3 is 4.11 Å². The summed E-state index contributed by atoms with van der Waals surface area (Å²) in [5.41, 5.74) is 3.21. The number of hydrogen-bond acceptors (Lipinski definition) is 0. The van der Waals surface area contributed by atoms with E-state index in [0.29, 0.717) is 17.0 Å². The Kier molecular flexibility index (Phi) is 7.81. The molecule has 2 fully saturated rings. The lowest BCUT2D eigenvalue weighted by molar-refractivity contribution is 0.316. The molecule has 0 atom stereocenters. The predicted molar refractivity (Wildman–Crippen MR) is 130 cm³/mol. The predicted octanol–water partition coefficient (Wildman–Crippen LogP) is 9.56. The third kappa shape index (κ3) is 5.50. The van der Waals surface area contributed by atoms with Crippen LogP contribution in [0.5, 0.6) is 0 Å². The van der Waals surface area contributed by atoms with E-state index in [9.17, 15) is 8.78 Å². The van der Waals surface area contributed by atoms with Crippen LogP contribution < -0.4 is 0 Å². The van der Waals surface area contributed by atoms with E-state index in [1.807, 2.05) is 12.1 Å². The first-order chi connectivity index (χ1) is 15.5. The van der Waals surface area contributed by atoms with E-state index >= 15 is 4.11 Å². The zero-order valence-corrected chi connectivity index (χ0v) is 20.4. The summed E-state index contributed by atoms with van der Waals surface area (Å²) in [6.45, 7) is 2.26. The zero-order chi connectivity index (χ0) is 22.6. The third-order valence-corrected chi connectivity index (χ3v) is 12.5. The van der Waals surface area contributed by atoms with Crippen molar-refractivity contribution in [3.8, 4) is 11.1 Å². The average Bonchev–Trinajstić information content (AvgIpc) is 2.82. The minimum Gasteiger partial charge on any atom is -0.314 e. The highest BCUT2D eigenvalue weighted by atomic mass is 28.4. The van der Waals surface area contributed by atoms with Gasteiger partial charge >= 0.3 is 0 Å². The normalized spacial score (nSPS) is 28.6. The summed E-state index contributed by atoms with van der Waals surface area (Å²) >= 11 is 0. The van der Waals surface area contributed by atoms with Gasteiger partial charge in [0, 0.05) is 0 Å². The quantitative estimate of drug-likeness (QED) is 0.220. The van der Waals surface area contributed by atoms with Gasteiger partial charge in [0.05, 0.1) is 0 Å². The lowest BCUT2D eigenvalue weighted by Crippen LogP contribution is -2.40.